The molecule has 0 aliphatic rings. The molecular weight excluding hydrogens is 242 g/mol. The van der Waals surface area contributed by atoms with Crippen LogP contribution in [-0.2, 0) is 38.6 Å². The molecule has 5 nitrogen and oxygen atoms in total. The van der Waals surface area contributed by atoms with E-state index in [4.69, 9.17) is 23.3 Å². The van der Waals surface area contributed by atoms with Crippen molar-refractivity contribution in [2.24, 2.45) is 0 Å². The van der Waals surface area contributed by atoms with Gasteiger partial charge in [0.1, 0.15) is 0 Å². The van der Waals surface area contributed by atoms with Crippen LogP contribution in [0.3, 0.4) is 0 Å². The van der Waals surface area contributed by atoms with E-state index in [9.17, 15) is 4.20 Å². The van der Waals surface area contributed by atoms with Crippen molar-refractivity contribution < 1.29 is 42.8 Å². The van der Waals surface area contributed by atoms with Gasteiger partial charge in [-0.1, -0.05) is 0 Å². The van der Waals surface area contributed by atoms with Gasteiger partial charge in [0.2, 0.25) is 0 Å². The Hall–Kier alpha value is -0.538. The molecule has 0 aliphatic carbocycles. The third-order valence-corrected chi connectivity index (χ3v) is 0. The molecule has 0 heterocycles. The van der Waals surface area contributed by atoms with E-state index in [-0.39, 0.29) is 7.09 Å². The molecule has 0 aromatic heterocycles. The zero-order chi connectivity index (χ0) is 12.7. The van der Waals surface area contributed by atoms with Gasteiger partial charge >= 0.3 is 83.2 Å². The molecule has 0 aromatic rings. The van der Waals surface area contributed by atoms with Crippen LogP contribution in [0.25, 0.3) is 0 Å². The quantitative estimate of drug-likeness (QED) is 0.345. The van der Waals surface area contributed by atoms with Crippen molar-refractivity contribution in [1.82, 2.24) is 0 Å². The molecule has 0 unspecified atom stereocenters. The molecule has 0 amide bonds. The number of rotatable bonds is 0. The summed E-state index contributed by atoms with van der Waals surface area (Å²) in [5, 5.41) is 0. The Morgan fingerprint density at radius 2 is 0.692 bits per heavy atom. The maximum absolute atomic E-state index is 10.2. The fourth-order valence-electron chi connectivity index (χ4n) is 0. The van der Waals surface area contributed by atoms with Gasteiger partial charge in [-0.25, -0.2) is 0 Å². The van der Waals surface area contributed by atoms with Crippen LogP contribution in [0.2, 0.25) is 0 Å². The number of hydrogen-bond acceptors (Lipinski definition) is 0. The van der Waals surface area contributed by atoms with Crippen molar-refractivity contribution in [2.75, 3.05) is 0 Å². The summed E-state index contributed by atoms with van der Waals surface area (Å²) in [6, 6.07) is 0. The third kappa shape index (κ3) is 3550. The summed E-state index contributed by atoms with van der Waals surface area (Å²) in [5.41, 5.74) is 0. The van der Waals surface area contributed by atoms with Gasteiger partial charge in [0.05, 0.1) is 0 Å². The minimum absolute atomic E-state index is 0.208. The first-order valence-corrected chi connectivity index (χ1v) is 3.79. The number of hydrogen-bond donors (Lipinski definition) is 0. The van der Waals surface area contributed by atoms with Gasteiger partial charge in [0.25, 0.3) is 0 Å². The molecule has 68 valence electrons. The molecule has 0 atom stereocenters. The Morgan fingerprint density at radius 1 is 0.692 bits per heavy atom. The van der Waals surface area contributed by atoms with Gasteiger partial charge in [-0.2, -0.15) is 0 Å². The van der Waals surface area contributed by atoms with Gasteiger partial charge in [0, 0.05) is 0 Å². The molecule has 0 aromatic carbocycles. The molecule has 0 aliphatic heterocycles. The summed E-state index contributed by atoms with van der Waals surface area (Å²) in [4.78, 5) is 0. The van der Waals surface area contributed by atoms with E-state index in [2.05, 4.69) is 48.6 Å². The average Bonchev–Trinajstić information content (AvgIpc) is 2.32. The average molecular weight is 242 g/mol. The van der Waals surface area contributed by atoms with Crippen molar-refractivity contribution in [3.05, 3.63) is 33.3 Å². The molecule has 8 heteroatoms. The van der Waals surface area contributed by atoms with Crippen molar-refractivity contribution in [1.29, 1.82) is 0 Å². The van der Waals surface area contributed by atoms with E-state index in [0.717, 1.165) is 0 Å². The molecule has 0 rings (SSSR count). The first-order valence-electron chi connectivity index (χ1n) is 1.37. The summed E-state index contributed by atoms with van der Waals surface area (Å²) in [5.74, 6) is 0. The van der Waals surface area contributed by atoms with Crippen LogP contribution in [0.4, 0.5) is 4.20 Å². The Kier molecular flexibility index (Phi) is 17700. The van der Waals surface area contributed by atoms with Crippen molar-refractivity contribution in [2.45, 2.75) is 0 Å². The first-order chi connectivity index (χ1) is 6.41. The van der Waals surface area contributed by atoms with Crippen molar-refractivity contribution in [3.63, 3.8) is 0 Å². The molecule has 0 spiro atoms. The summed E-state index contributed by atoms with van der Waals surface area (Å²) < 4.78 is 47.7. The Morgan fingerprint density at radius 3 is 0.692 bits per heavy atom. The summed E-state index contributed by atoms with van der Waals surface area (Å²) in [7, 11) is -0.208. The summed E-state index contributed by atoms with van der Waals surface area (Å²) in [6.45, 7) is 22.5. The van der Waals surface area contributed by atoms with Crippen LogP contribution < -0.4 is 0 Å². The molecule has 0 saturated carbocycles. The van der Waals surface area contributed by atoms with Crippen LogP contribution in [0.5, 0.6) is 0 Å². The Balaban J connectivity index is -0.0000000115. The van der Waals surface area contributed by atoms with Crippen LogP contribution in [0.15, 0.2) is 0 Å². The topological polar surface area (TPSA) is 99.5 Å². The van der Waals surface area contributed by atoms with Crippen LogP contribution >= 0.6 is 7.09 Å². The second-order valence-corrected chi connectivity index (χ2v) is 0.854. The molecule has 0 radical (unpaired) electrons. The fraction of sp³-hybridized carbons (Fsp3) is 0. The molecular formula is C5CrFO5P. The zero-order valence-corrected chi connectivity index (χ0v) is 7.94. The van der Waals surface area contributed by atoms with Gasteiger partial charge in [0.15, 0.2) is 0 Å². The van der Waals surface area contributed by atoms with Crippen molar-refractivity contribution >= 4 is 7.09 Å². The number of halogens is 1. The standard InChI is InChI=1S/5CO.Cr.FP/c5*1-2;;1-2. The molecule has 0 N–H and O–H groups in total. The third-order valence-electron chi connectivity index (χ3n) is 0. The van der Waals surface area contributed by atoms with Crippen LogP contribution in [0.1, 0.15) is 0 Å². The molecule has 0 saturated heterocycles. The Labute approximate surface area is 83.7 Å². The predicted octanol–water partition coefficient (Wildman–Crippen LogP) is 1.09. The van der Waals surface area contributed by atoms with Gasteiger partial charge in [-0.3, -0.25) is 0 Å². The van der Waals surface area contributed by atoms with E-state index in [1.807, 2.05) is 0 Å². The second-order valence-electron chi connectivity index (χ2n) is 0.0690. The summed E-state index contributed by atoms with van der Waals surface area (Å²) in [6.07, 6.45) is 0. The molecule has 13 heavy (non-hydrogen) atoms. The van der Waals surface area contributed by atoms with Crippen LogP contribution in [-0.4, -0.2) is 0 Å². The molecule has 0 fully saturated rings. The minimum atomic E-state index is -0.208. The van der Waals surface area contributed by atoms with E-state index in [0.29, 0.717) is 0 Å². The fourth-order valence-corrected chi connectivity index (χ4v) is 0. The van der Waals surface area contributed by atoms with E-state index in [1.54, 1.807) is 0 Å². The second kappa shape index (κ2) is 5870. The van der Waals surface area contributed by atoms with E-state index < -0.39 is 0 Å². The monoisotopic (exact) mass is 242 g/mol. The van der Waals surface area contributed by atoms with Gasteiger partial charge in [-0.15, -0.1) is 0 Å². The first kappa shape index (κ1) is 39.2. The van der Waals surface area contributed by atoms with Gasteiger partial charge < -0.3 is 0 Å². The maximum atomic E-state index is 10.2. The molecule has 0 bridgehead atoms. The van der Waals surface area contributed by atoms with Crippen LogP contribution in [0, 0.1) is 33.3 Å². The Bertz CT molecular complexity index is 114. The zero-order valence-electron chi connectivity index (χ0n) is 5.77. The normalized spacial score (nSPS) is 2.38. The summed E-state index contributed by atoms with van der Waals surface area (Å²) >= 11 is 2.11. The van der Waals surface area contributed by atoms with E-state index >= 15 is 0 Å². The van der Waals surface area contributed by atoms with Crippen molar-refractivity contribution in [3.8, 4) is 0 Å². The SMILES string of the molecule is F[P]=[Cr].[C-]#[O+].[C-]#[O+].[C-]#[O+].[C-]#[O+].[C-]#[O+]. The van der Waals surface area contributed by atoms with Gasteiger partial charge in [-0.05, 0) is 0 Å². The predicted molar refractivity (Wildman–Crippen MR) is 27.7 cm³/mol. The van der Waals surface area contributed by atoms with E-state index in [1.165, 1.54) is 0 Å².